The van der Waals surface area contributed by atoms with Gasteiger partial charge in [0.1, 0.15) is 11.6 Å². The van der Waals surface area contributed by atoms with Crippen molar-refractivity contribution in [3.8, 4) is 5.75 Å². The van der Waals surface area contributed by atoms with Crippen LogP contribution in [0.3, 0.4) is 0 Å². The van der Waals surface area contributed by atoms with Gasteiger partial charge in [-0.15, -0.1) is 0 Å². The highest BCUT2D eigenvalue weighted by Gasteiger charge is 2.05. The third kappa shape index (κ3) is 4.98. The quantitative estimate of drug-likeness (QED) is 0.460. The number of ether oxygens (including phenoxy) is 1. The zero-order valence-electron chi connectivity index (χ0n) is 13.2. The maximum absolute atomic E-state index is 13.4. The molecule has 0 radical (unpaired) electrons. The van der Waals surface area contributed by atoms with E-state index >= 15 is 0 Å². The van der Waals surface area contributed by atoms with E-state index in [1.54, 1.807) is 49.6 Å². The Labute approximate surface area is 139 Å². The smallest absolute Gasteiger partial charge is 0.261 e. The van der Waals surface area contributed by atoms with Gasteiger partial charge in [0, 0.05) is 17.7 Å². The lowest BCUT2D eigenvalue weighted by molar-refractivity contribution is -0.125. The molecule has 2 aromatic carbocycles. The van der Waals surface area contributed by atoms with Crippen molar-refractivity contribution in [3.63, 3.8) is 0 Å². The Bertz CT molecular complexity index is 717. The van der Waals surface area contributed by atoms with E-state index in [4.69, 9.17) is 15.3 Å². The summed E-state index contributed by atoms with van der Waals surface area (Å²) in [7, 11) is 1.56. The zero-order valence-corrected chi connectivity index (χ0v) is 13.2. The highest BCUT2D eigenvalue weighted by Crippen LogP contribution is 2.11. The topological polar surface area (TPSA) is 85.9 Å². The van der Waals surface area contributed by atoms with Gasteiger partial charge >= 0.3 is 0 Å². The fourth-order valence-electron chi connectivity index (χ4n) is 1.86. The Morgan fingerprint density at radius 2 is 1.92 bits per heavy atom. The Kier molecular flexibility index (Phi) is 6.13. The molecular formula is C17H18FN3O3. The molecule has 2 rings (SSSR count). The highest BCUT2D eigenvalue weighted by atomic mass is 19.1. The Morgan fingerprint density at radius 3 is 2.58 bits per heavy atom. The molecule has 0 atom stereocenters. The third-order valence-electron chi connectivity index (χ3n) is 3.18. The number of nitrogens with two attached hydrogens (primary N) is 1. The van der Waals surface area contributed by atoms with Gasteiger partial charge in [-0.05, 0) is 30.3 Å². The van der Waals surface area contributed by atoms with Crippen LogP contribution in [0.15, 0.2) is 53.7 Å². The summed E-state index contributed by atoms with van der Waals surface area (Å²) in [6.45, 7) is -0.238. The van der Waals surface area contributed by atoms with E-state index in [2.05, 4.69) is 10.5 Å². The van der Waals surface area contributed by atoms with Crippen molar-refractivity contribution in [1.29, 1.82) is 0 Å². The molecule has 0 aliphatic heterocycles. The molecule has 24 heavy (non-hydrogen) atoms. The minimum absolute atomic E-state index is 0.0759. The van der Waals surface area contributed by atoms with Crippen molar-refractivity contribution in [2.45, 2.75) is 6.54 Å². The molecule has 0 aromatic heterocycles. The van der Waals surface area contributed by atoms with Crippen LogP contribution in [0.25, 0.3) is 0 Å². The van der Waals surface area contributed by atoms with E-state index in [1.165, 1.54) is 6.07 Å². The molecule has 0 aliphatic rings. The fourth-order valence-corrected chi connectivity index (χ4v) is 1.86. The number of amides is 1. The van der Waals surface area contributed by atoms with Gasteiger partial charge in [0.2, 0.25) is 0 Å². The number of nitrogens with zero attached hydrogens (tertiary/aromatic N) is 1. The van der Waals surface area contributed by atoms with Crippen molar-refractivity contribution in [2.24, 2.45) is 10.9 Å². The molecule has 0 bridgehead atoms. The lowest BCUT2D eigenvalue weighted by Gasteiger charge is -2.06. The number of carbonyl (C=O) groups excluding carboxylic acids is 1. The molecule has 0 aliphatic carbocycles. The minimum Gasteiger partial charge on any atom is -0.497 e. The van der Waals surface area contributed by atoms with E-state index in [9.17, 15) is 9.18 Å². The molecule has 0 heterocycles. The summed E-state index contributed by atoms with van der Waals surface area (Å²) in [6, 6.07) is 13.1. The largest absolute Gasteiger partial charge is 0.497 e. The maximum Gasteiger partial charge on any atom is 0.261 e. The predicted molar refractivity (Wildman–Crippen MR) is 87.9 cm³/mol. The highest BCUT2D eigenvalue weighted by molar-refractivity contribution is 5.97. The van der Waals surface area contributed by atoms with E-state index < -0.39 is 5.91 Å². The van der Waals surface area contributed by atoms with Gasteiger partial charge in [0.25, 0.3) is 5.91 Å². The number of hydrogen-bond donors (Lipinski definition) is 2. The van der Waals surface area contributed by atoms with E-state index in [0.29, 0.717) is 16.9 Å². The number of rotatable bonds is 7. The molecule has 0 saturated heterocycles. The Balaban J connectivity index is 1.79. The monoisotopic (exact) mass is 331 g/mol. The zero-order chi connectivity index (χ0) is 17.4. The number of benzene rings is 2. The summed E-state index contributed by atoms with van der Waals surface area (Å²) in [4.78, 5) is 16.6. The second-order valence-electron chi connectivity index (χ2n) is 4.85. The molecule has 0 saturated carbocycles. The maximum atomic E-state index is 13.4. The number of nitrogens with one attached hydrogen (secondary N) is 1. The van der Waals surface area contributed by atoms with Crippen molar-refractivity contribution in [1.82, 2.24) is 5.32 Å². The van der Waals surface area contributed by atoms with Crippen LogP contribution in [-0.2, 0) is 16.2 Å². The summed E-state index contributed by atoms with van der Waals surface area (Å²) < 4.78 is 18.5. The number of oxime groups is 1. The molecule has 126 valence electrons. The van der Waals surface area contributed by atoms with Crippen LogP contribution in [0.5, 0.6) is 5.75 Å². The number of carbonyl (C=O) groups is 1. The normalized spacial score (nSPS) is 11.0. The number of halogens is 1. The van der Waals surface area contributed by atoms with Crippen LogP contribution in [0, 0.1) is 5.82 Å². The van der Waals surface area contributed by atoms with E-state index in [0.717, 1.165) is 0 Å². The van der Waals surface area contributed by atoms with Crippen molar-refractivity contribution < 1.29 is 18.8 Å². The first-order valence-corrected chi connectivity index (χ1v) is 7.20. The summed E-state index contributed by atoms with van der Waals surface area (Å²) in [6.07, 6.45) is 0. The molecule has 0 unspecified atom stereocenters. The second-order valence-corrected chi connectivity index (χ2v) is 4.85. The van der Waals surface area contributed by atoms with Gasteiger partial charge in [-0.1, -0.05) is 23.4 Å². The minimum atomic E-state index is -0.426. The number of amidine groups is 1. The number of methoxy groups -OCH3 is 1. The van der Waals surface area contributed by atoms with Gasteiger partial charge in [0.15, 0.2) is 12.4 Å². The molecule has 2 aromatic rings. The Hall–Kier alpha value is -3.09. The van der Waals surface area contributed by atoms with Gasteiger partial charge in [-0.3, -0.25) is 4.79 Å². The SMILES string of the molecule is COc1ccc(/C(N)=N/OCC(=O)NCc2ccccc2F)cc1. The molecule has 0 spiro atoms. The molecular weight excluding hydrogens is 313 g/mol. The average Bonchev–Trinajstić information content (AvgIpc) is 2.61. The summed E-state index contributed by atoms with van der Waals surface area (Å²) in [5, 5.41) is 6.22. The second kappa shape index (κ2) is 8.52. The Morgan fingerprint density at radius 1 is 1.21 bits per heavy atom. The van der Waals surface area contributed by atoms with Gasteiger partial charge < -0.3 is 20.6 Å². The molecule has 1 amide bonds. The summed E-state index contributed by atoms with van der Waals surface area (Å²) in [5.74, 6) is 0.0320. The summed E-state index contributed by atoms with van der Waals surface area (Å²) >= 11 is 0. The van der Waals surface area contributed by atoms with Crippen LogP contribution in [-0.4, -0.2) is 25.5 Å². The lowest BCUT2D eigenvalue weighted by atomic mass is 10.2. The number of hydrogen-bond acceptors (Lipinski definition) is 4. The van der Waals surface area contributed by atoms with Crippen LogP contribution < -0.4 is 15.8 Å². The van der Waals surface area contributed by atoms with Crippen LogP contribution in [0.1, 0.15) is 11.1 Å². The molecule has 3 N–H and O–H groups in total. The van der Waals surface area contributed by atoms with Crippen molar-refractivity contribution in [2.75, 3.05) is 13.7 Å². The van der Waals surface area contributed by atoms with Crippen LogP contribution in [0.4, 0.5) is 4.39 Å². The first-order valence-electron chi connectivity index (χ1n) is 7.20. The lowest BCUT2D eigenvalue weighted by Crippen LogP contribution is -2.27. The van der Waals surface area contributed by atoms with Crippen molar-refractivity contribution >= 4 is 11.7 Å². The van der Waals surface area contributed by atoms with E-state index in [-0.39, 0.29) is 24.8 Å². The molecule has 6 nitrogen and oxygen atoms in total. The molecule has 0 fully saturated rings. The van der Waals surface area contributed by atoms with Gasteiger partial charge in [-0.25, -0.2) is 4.39 Å². The van der Waals surface area contributed by atoms with Gasteiger partial charge in [0.05, 0.1) is 7.11 Å². The standard InChI is InChI=1S/C17H18FN3O3/c1-23-14-8-6-12(7-9-14)17(19)21-24-11-16(22)20-10-13-4-2-3-5-15(13)18/h2-9H,10-11H2,1H3,(H2,19,21)(H,20,22). The first kappa shape index (κ1) is 17.3. The average molecular weight is 331 g/mol. The van der Waals surface area contributed by atoms with Crippen LogP contribution >= 0.6 is 0 Å². The fraction of sp³-hybridized carbons (Fsp3) is 0.176. The van der Waals surface area contributed by atoms with Crippen LogP contribution in [0.2, 0.25) is 0 Å². The van der Waals surface area contributed by atoms with E-state index in [1.807, 2.05) is 0 Å². The molecule has 7 heteroatoms. The third-order valence-corrected chi connectivity index (χ3v) is 3.18. The first-order chi connectivity index (χ1) is 11.6. The predicted octanol–water partition coefficient (Wildman–Crippen LogP) is 1.79. The van der Waals surface area contributed by atoms with Crippen molar-refractivity contribution in [3.05, 3.63) is 65.5 Å². The van der Waals surface area contributed by atoms with Gasteiger partial charge in [-0.2, -0.15) is 0 Å². The summed E-state index contributed by atoms with van der Waals surface area (Å²) in [5.41, 5.74) is 6.80.